The fourth-order valence-corrected chi connectivity index (χ4v) is 3.60. The Balaban J connectivity index is 1.44. The minimum absolute atomic E-state index is 0.731. The Morgan fingerprint density at radius 2 is 1.96 bits per heavy atom. The third kappa shape index (κ3) is 2.32. The van der Waals surface area contributed by atoms with Crippen LogP contribution in [-0.4, -0.2) is 25.9 Å². The normalized spacial score (nSPS) is 17.7. The van der Waals surface area contributed by atoms with Gasteiger partial charge in [-0.05, 0) is 25.0 Å². The first kappa shape index (κ1) is 13.9. The SMILES string of the molecule is c1ccc2ncc(Nc3ncnc4c3CN(C3CCC3)C4)cc2c1. The summed E-state index contributed by atoms with van der Waals surface area (Å²) in [5.41, 5.74) is 4.37. The Bertz CT molecular complexity index is 903. The molecule has 3 heterocycles. The van der Waals surface area contributed by atoms with Crippen molar-refractivity contribution in [3.8, 4) is 0 Å². The largest absolute Gasteiger partial charge is 0.339 e. The second-order valence-electron chi connectivity index (χ2n) is 6.68. The van der Waals surface area contributed by atoms with Gasteiger partial charge in [0.2, 0.25) is 0 Å². The lowest BCUT2D eigenvalue weighted by Crippen LogP contribution is -2.36. The molecule has 0 atom stereocenters. The van der Waals surface area contributed by atoms with Crippen LogP contribution in [0.1, 0.15) is 30.5 Å². The molecule has 0 bridgehead atoms. The summed E-state index contributed by atoms with van der Waals surface area (Å²) in [7, 11) is 0. The predicted molar refractivity (Wildman–Crippen MR) is 93.9 cm³/mol. The lowest BCUT2D eigenvalue weighted by atomic mass is 9.92. The molecule has 120 valence electrons. The molecule has 1 saturated carbocycles. The van der Waals surface area contributed by atoms with Crippen LogP contribution in [0.5, 0.6) is 0 Å². The van der Waals surface area contributed by atoms with Crippen LogP contribution >= 0.6 is 0 Å². The van der Waals surface area contributed by atoms with Crippen LogP contribution < -0.4 is 5.32 Å². The first-order valence-corrected chi connectivity index (χ1v) is 8.55. The first-order chi connectivity index (χ1) is 11.9. The van der Waals surface area contributed by atoms with Gasteiger partial charge in [-0.3, -0.25) is 9.88 Å². The van der Waals surface area contributed by atoms with Crippen molar-refractivity contribution in [1.82, 2.24) is 19.9 Å². The van der Waals surface area contributed by atoms with Gasteiger partial charge in [0, 0.05) is 30.1 Å². The molecule has 2 aliphatic rings. The van der Waals surface area contributed by atoms with Crippen molar-refractivity contribution >= 4 is 22.4 Å². The number of nitrogens with one attached hydrogen (secondary N) is 1. The van der Waals surface area contributed by atoms with E-state index in [1.165, 1.54) is 24.8 Å². The molecule has 0 saturated heterocycles. The van der Waals surface area contributed by atoms with Gasteiger partial charge in [-0.25, -0.2) is 9.97 Å². The molecule has 0 amide bonds. The lowest BCUT2D eigenvalue weighted by Gasteiger charge is -2.34. The third-order valence-corrected chi connectivity index (χ3v) is 5.19. The molecule has 0 spiro atoms. The molecule has 5 rings (SSSR count). The smallest absolute Gasteiger partial charge is 0.138 e. The average molecular weight is 317 g/mol. The molecule has 1 fully saturated rings. The molecule has 1 aliphatic heterocycles. The van der Waals surface area contributed by atoms with Gasteiger partial charge in [0.05, 0.1) is 23.1 Å². The molecule has 0 unspecified atom stereocenters. The molecular formula is C19H19N5. The fraction of sp³-hybridized carbons (Fsp3) is 0.316. The average Bonchev–Trinajstić information content (AvgIpc) is 2.97. The van der Waals surface area contributed by atoms with Gasteiger partial charge in [-0.15, -0.1) is 0 Å². The molecule has 5 heteroatoms. The molecule has 1 aromatic carbocycles. The van der Waals surface area contributed by atoms with E-state index in [1.54, 1.807) is 6.33 Å². The molecule has 5 nitrogen and oxygen atoms in total. The van der Waals surface area contributed by atoms with Crippen LogP contribution in [0.2, 0.25) is 0 Å². The summed E-state index contributed by atoms with van der Waals surface area (Å²) in [4.78, 5) is 16.0. The second kappa shape index (κ2) is 5.53. The van der Waals surface area contributed by atoms with Gasteiger partial charge in [-0.2, -0.15) is 0 Å². The van der Waals surface area contributed by atoms with E-state index in [-0.39, 0.29) is 0 Å². The van der Waals surface area contributed by atoms with E-state index in [0.29, 0.717) is 0 Å². The Kier molecular flexibility index (Phi) is 3.19. The molecule has 2 aromatic heterocycles. The monoisotopic (exact) mass is 317 g/mol. The topological polar surface area (TPSA) is 53.9 Å². The summed E-state index contributed by atoms with van der Waals surface area (Å²) in [5, 5.41) is 4.58. The van der Waals surface area contributed by atoms with Gasteiger partial charge in [0.1, 0.15) is 12.1 Å². The van der Waals surface area contributed by atoms with Crippen molar-refractivity contribution in [2.45, 2.75) is 38.4 Å². The van der Waals surface area contributed by atoms with E-state index in [1.807, 2.05) is 24.4 Å². The van der Waals surface area contributed by atoms with Gasteiger partial charge >= 0.3 is 0 Å². The summed E-state index contributed by atoms with van der Waals surface area (Å²) in [6.45, 7) is 1.90. The number of hydrogen-bond donors (Lipinski definition) is 1. The molecule has 0 radical (unpaired) electrons. The van der Waals surface area contributed by atoms with E-state index >= 15 is 0 Å². The van der Waals surface area contributed by atoms with Crippen LogP contribution in [0.4, 0.5) is 11.5 Å². The van der Waals surface area contributed by atoms with Crippen LogP contribution in [0.25, 0.3) is 10.9 Å². The maximum atomic E-state index is 4.52. The van der Waals surface area contributed by atoms with E-state index < -0.39 is 0 Å². The van der Waals surface area contributed by atoms with Crippen LogP contribution in [0, 0.1) is 0 Å². The quantitative estimate of drug-likeness (QED) is 0.799. The number of fused-ring (bicyclic) bond motifs is 2. The lowest BCUT2D eigenvalue weighted by molar-refractivity contribution is 0.126. The van der Waals surface area contributed by atoms with Crippen molar-refractivity contribution in [1.29, 1.82) is 0 Å². The summed E-state index contributed by atoms with van der Waals surface area (Å²) < 4.78 is 0. The van der Waals surface area contributed by atoms with E-state index in [4.69, 9.17) is 0 Å². The predicted octanol–water partition coefficient (Wildman–Crippen LogP) is 3.64. The number of benzene rings is 1. The van der Waals surface area contributed by atoms with Crippen molar-refractivity contribution in [2.24, 2.45) is 0 Å². The zero-order chi connectivity index (χ0) is 15.9. The van der Waals surface area contributed by atoms with Gasteiger partial charge in [0.25, 0.3) is 0 Å². The van der Waals surface area contributed by atoms with Crippen LogP contribution in [0.3, 0.4) is 0 Å². The summed E-state index contributed by atoms with van der Waals surface area (Å²) >= 11 is 0. The molecular weight excluding hydrogens is 298 g/mol. The Hall–Kier alpha value is -2.53. The second-order valence-corrected chi connectivity index (χ2v) is 6.68. The van der Waals surface area contributed by atoms with Crippen molar-refractivity contribution < 1.29 is 0 Å². The van der Waals surface area contributed by atoms with E-state index in [0.717, 1.165) is 47.2 Å². The highest BCUT2D eigenvalue weighted by Crippen LogP contribution is 2.34. The zero-order valence-electron chi connectivity index (χ0n) is 13.4. The highest BCUT2D eigenvalue weighted by molar-refractivity contribution is 5.82. The van der Waals surface area contributed by atoms with Crippen LogP contribution in [-0.2, 0) is 13.1 Å². The Morgan fingerprint density at radius 3 is 2.83 bits per heavy atom. The third-order valence-electron chi connectivity index (χ3n) is 5.19. The fourth-order valence-electron chi connectivity index (χ4n) is 3.60. The Labute approximate surface area is 140 Å². The molecule has 1 aliphatic carbocycles. The number of pyridine rings is 1. The number of nitrogens with zero attached hydrogens (tertiary/aromatic N) is 4. The molecule has 3 aromatic rings. The summed E-state index contributed by atoms with van der Waals surface area (Å²) in [6, 6.07) is 11.0. The van der Waals surface area contributed by atoms with Gasteiger partial charge in [-0.1, -0.05) is 24.6 Å². The standard InChI is InChI=1S/C19H19N5/c1-2-7-17-13(4-1)8-14(9-20-17)23-19-16-10-24(15-5-3-6-15)11-18(16)21-12-22-19/h1-2,4,7-9,12,15H,3,5-6,10-11H2,(H,21,22,23). The summed E-state index contributed by atoms with van der Waals surface area (Å²) in [5.74, 6) is 0.916. The zero-order valence-corrected chi connectivity index (χ0v) is 13.4. The van der Waals surface area contributed by atoms with Crippen molar-refractivity contribution in [2.75, 3.05) is 5.32 Å². The number of hydrogen-bond acceptors (Lipinski definition) is 5. The first-order valence-electron chi connectivity index (χ1n) is 8.55. The van der Waals surface area contributed by atoms with Crippen LogP contribution in [0.15, 0.2) is 42.9 Å². The minimum Gasteiger partial charge on any atom is -0.339 e. The number of aromatic nitrogens is 3. The number of para-hydroxylation sites is 1. The number of rotatable bonds is 3. The Morgan fingerprint density at radius 1 is 1.04 bits per heavy atom. The highest BCUT2D eigenvalue weighted by atomic mass is 15.2. The van der Waals surface area contributed by atoms with E-state index in [9.17, 15) is 0 Å². The maximum Gasteiger partial charge on any atom is 0.138 e. The molecule has 1 N–H and O–H groups in total. The highest BCUT2D eigenvalue weighted by Gasteiger charge is 2.32. The van der Waals surface area contributed by atoms with Crippen molar-refractivity contribution in [3.05, 3.63) is 54.1 Å². The van der Waals surface area contributed by atoms with E-state index in [2.05, 4.69) is 37.3 Å². The summed E-state index contributed by atoms with van der Waals surface area (Å²) in [6.07, 6.45) is 7.53. The van der Waals surface area contributed by atoms with Crippen molar-refractivity contribution in [3.63, 3.8) is 0 Å². The molecule has 24 heavy (non-hydrogen) atoms. The van der Waals surface area contributed by atoms with Gasteiger partial charge < -0.3 is 5.32 Å². The minimum atomic E-state index is 0.731. The maximum absolute atomic E-state index is 4.52. The number of anilines is 2. The van der Waals surface area contributed by atoms with Gasteiger partial charge in [0.15, 0.2) is 0 Å².